The van der Waals surface area contributed by atoms with Crippen molar-refractivity contribution in [3.63, 3.8) is 0 Å². The summed E-state index contributed by atoms with van der Waals surface area (Å²) in [7, 11) is 0. The highest BCUT2D eigenvalue weighted by Crippen LogP contribution is 2.28. The number of nitrogens with one attached hydrogen (secondary N) is 1. The van der Waals surface area contributed by atoms with Gasteiger partial charge in [-0.3, -0.25) is 9.78 Å². The van der Waals surface area contributed by atoms with Gasteiger partial charge in [0, 0.05) is 17.6 Å². The van der Waals surface area contributed by atoms with E-state index in [9.17, 15) is 18.0 Å². The van der Waals surface area contributed by atoms with Crippen LogP contribution in [0.5, 0.6) is 0 Å². The van der Waals surface area contributed by atoms with Crippen molar-refractivity contribution in [2.45, 2.75) is 32.0 Å². The van der Waals surface area contributed by atoms with Crippen LogP contribution in [0.15, 0.2) is 18.3 Å². The molecular formula is C12H14BrF3N2O. The number of hydrogen-bond donors (Lipinski definition) is 1. The van der Waals surface area contributed by atoms with E-state index in [1.165, 1.54) is 0 Å². The smallest absolute Gasteiger partial charge is 0.348 e. The summed E-state index contributed by atoms with van der Waals surface area (Å²) in [6, 6.07) is 1.92. The molecule has 7 heteroatoms. The Morgan fingerprint density at radius 1 is 1.47 bits per heavy atom. The average Bonchev–Trinajstić information content (AvgIpc) is 2.37. The molecule has 0 aliphatic carbocycles. The van der Waals surface area contributed by atoms with Gasteiger partial charge < -0.3 is 5.32 Å². The predicted molar refractivity (Wildman–Crippen MR) is 69.2 cm³/mol. The SMILES string of the molecule is CCC(CCBr)NC(=O)c1ccc(C(F)(F)F)cn1. The molecule has 0 radical (unpaired) electrons. The molecule has 0 spiro atoms. The lowest BCUT2D eigenvalue weighted by Crippen LogP contribution is -2.35. The van der Waals surface area contributed by atoms with Gasteiger partial charge in [-0.05, 0) is 25.0 Å². The first-order chi connectivity index (χ1) is 8.88. The molecule has 0 aromatic carbocycles. The lowest BCUT2D eigenvalue weighted by atomic mass is 10.1. The Morgan fingerprint density at radius 2 is 2.16 bits per heavy atom. The van der Waals surface area contributed by atoms with Crippen LogP contribution in [0.3, 0.4) is 0 Å². The van der Waals surface area contributed by atoms with Crippen molar-refractivity contribution in [2.75, 3.05) is 5.33 Å². The fraction of sp³-hybridized carbons (Fsp3) is 0.500. The van der Waals surface area contributed by atoms with Crippen molar-refractivity contribution < 1.29 is 18.0 Å². The maximum Gasteiger partial charge on any atom is 0.417 e. The van der Waals surface area contributed by atoms with E-state index in [1.807, 2.05) is 6.92 Å². The summed E-state index contributed by atoms with van der Waals surface area (Å²) in [5, 5.41) is 3.47. The van der Waals surface area contributed by atoms with Gasteiger partial charge in [-0.15, -0.1) is 0 Å². The molecule has 0 saturated heterocycles. The average molecular weight is 339 g/mol. The Bertz CT molecular complexity index is 420. The number of carbonyl (C=O) groups is 1. The summed E-state index contributed by atoms with van der Waals surface area (Å²) in [6.07, 6.45) is -2.27. The fourth-order valence-electron chi connectivity index (χ4n) is 1.47. The van der Waals surface area contributed by atoms with Gasteiger partial charge in [0.1, 0.15) is 5.69 Å². The summed E-state index contributed by atoms with van der Waals surface area (Å²) in [4.78, 5) is 15.3. The van der Waals surface area contributed by atoms with Crippen molar-refractivity contribution in [1.29, 1.82) is 0 Å². The summed E-state index contributed by atoms with van der Waals surface area (Å²) in [5.74, 6) is -0.457. The number of nitrogens with zero attached hydrogens (tertiary/aromatic N) is 1. The Morgan fingerprint density at radius 3 is 2.58 bits per heavy atom. The van der Waals surface area contributed by atoms with Gasteiger partial charge in [0.05, 0.1) is 5.56 Å². The van der Waals surface area contributed by atoms with Gasteiger partial charge in [0.2, 0.25) is 0 Å². The summed E-state index contributed by atoms with van der Waals surface area (Å²) in [5.41, 5.74) is -0.877. The van der Waals surface area contributed by atoms with Crippen LogP contribution in [0.4, 0.5) is 13.2 Å². The van der Waals surface area contributed by atoms with Crippen LogP contribution in [0, 0.1) is 0 Å². The first-order valence-corrected chi connectivity index (χ1v) is 6.90. The molecule has 1 aromatic rings. The van der Waals surface area contributed by atoms with Crippen molar-refractivity contribution >= 4 is 21.8 Å². The molecule has 0 aliphatic rings. The Kier molecular flexibility index (Phi) is 5.78. The van der Waals surface area contributed by atoms with E-state index >= 15 is 0 Å². The van der Waals surface area contributed by atoms with Crippen LogP contribution in [0.2, 0.25) is 0 Å². The Balaban J connectivity index is 2.73. The van der Waals surface area contributed by atoms with Gasteiger partial charge in [-0.25, -0.2) is 0 Å². The largest absolute Gasteiger partial charge is 0.417 e. The van der Waals surface area contributed by atoms with E-state index in [0.717, 1.165) is 30.3 Å². The Hall–Kier alpha value is -1.11. The zero-order chi connectivity index (χ0) is 14.5. The Labute approximate surface area is 117 Å². The van der Waals surface area contributed by atoms with Crippen molar-refractivity contribution in [2.24, 2.45) is 0 Å². The lowest BCUT2D eigenvalue weighted by molar-refractivity contribution is -0.137. The number of pyridine rings is 1. The number of halogens is 4. The molecule has 0 fully saturated rings. The topological polar surface area (TPSA) is 42.0 Å². The van der Waals surface area contributed by atoms with Gasteiger partial charge in [0.25, 0.3) is 5.91 Å². The predicted octanol–water partition coefficient (Wildman–Crippen LogP) is 3.39. The second-order valence-electron chi connectivity index (χ2n) is 3.99. The minimum atomic E-state index is -4.44. The molecule has 1 N–H and O–H groups in total. The highest BCUT2D eigenvalue weighted by molar-refractivity contribution is 9.09. The van der Waals surface area contributed by atoms with Crippen LogP contribution in [-0.4, -0.2) is 22.3 Å². The van der Waals surface area contributed by atoms with E-state index in [4.69, 9.17) is 0 Å². The molecule has 0 aliphatic heterocycles. The fourth-order valence-corrected chi connectivity index (χ4v) is 2.02. The molecule has 19 heavy (non-hydrogen) atoms. The molecular weight excluding hydrogens is 325 g/mol. The minimum Gasteiger partial charge on any atom is -0.348 e. The summed E-state index contributed by atoms with van der Waals surface area (Å²) >= 11 is 3.28. The monoisotopic (exact) mass is 338 g/mol. The van der Waals surface area contributed by atoms with Crippen molar-refractivity contribution in [3.8, 4) is 0 Å². The summed E-state index contributed by atoms with van der Waals surface area (Å²) < 4.78 is 37.0. The van der Waals surface area contributed by atoms with Gasteiger partial charge >= 0.3 is 6.18 Å². The zero-order valence-electron chi connectivity index (χ0n) is 10.3. The molecule has 1 heterocycles. The third kappa shape index (κ3) is 4.81. The van der Waals surface area contributed by atoms with E-state index in [1.54, 1.807) is 0 Å². The van der Waals surface area contributed by atoms with Crippen LogP contribution >= 0.6 is 15.9 Å². The number of amides is 1. The first-order valence-electron chi connectivity index (χ1n) is 5.78. The van der Waals surface area contributed by atoms with E-state index in [0.29, 0.717) is 6.20 Å². The van der Waals surface area contributed by atoms with Crippen LogP contribution in [0.25, 0.3) is 0 Å². The molecule has 0 saturated carbocycles. The molecule has 1 atom stereocenters. The number of hydrogen-bond acceptors (Lipinski definition) is 2. The second kappa shape index (κ2) is 6.88. The number of alkyl halides is 4. The standard InChI is InChI=1S/C12H14BrF3N2O/c1-2-9(5-6-13)18-11(19)10-4-3-8(7-17-10)12(14,15)16/h3-4,7,9H,2,5-6H2,1H3,(H,18,19). The second-order valence-corrected chi connectivity index (χ2v) is 4.78. The van der Waals surface area contributed by atoms with E-state index < -0.39 is 17.6 Å². The van der Waals surface area contributed by atoms with Crippen LogP contribution < -0.4 is 5.32 Å². The number of aromatic nitrogens is 1. The number of carbonyl (C=O) groups excluding carboxylic acids is 1. The third-order valence-electron chi connectivity index (χ3n) is 2.61. The zero-order valence-corrected chi connectivity index (χ0v) is 11.9. The van der Waals surface area contributed by atoms with E-state index in [-0.39, 0.29) is 11.7 Å². The van der Waals surface area contributed by atoms with Gasteiger partial charge in [-0.1, -0.05) is 22.9 Å². The molecule has 1 rings (SSSR count). The molecule has 0 bridgehead atoms. The molecule has 1 amide bonds. The van der Waals surface area contributed by atoms with Gasteiger partial charge in [-0.2, -0.15) is 13.2 Å². The highest BCUT2D eigenvalue weighted by Gasteiger charge is 2.30. The van der Waals surface area contributed by atoms with Crippen molar-refractivity contribution in [3.05, 3.63) is 29.6 Å². The molecule has 106 valence electrons. The van der Waals surface area contributed by atoms with Gasteiger partial charge in [0.15, 0.2) is 0 Å². The normalized spacial score (nSPS) is 13.1. The lowest BCUT2D eigenvalue weighted by Gasteiger charge is -2.15. The molecule has 1 aromatic heterocycles. The first kappa shape index (κ1) is 15.9. The maximum atomic E-state index is 12.3. The molecule has 1 unspecified atom stereocenters. The van der Waals surface area contributed by atoms with Crippen LogP contribution in [-0.2, 0) is 6.18 Å². The van der Waals surface area contributed by atoms with Crippen molar-refractivity contribution in [1.82, 2.24) is 10.3 Å². The van der Waals surface area contributed by atoms with Crippen LogP contribution in [0.1, 0.15) is 35.8 Å². The number of rotatable bonds is 5. The minimum absolute atomic E-state index is 0.0129. The van der Waals surface area contributed by atoms with E-state index in [2.05, 4.69) is 26.2 Å². The quantitative estimate of drug-likeness (QED) is 0.836. The maximum absolute atomic E-state index is 12.3. The summed E-state index contributed by atoms with van der Waals surface area (Å²) in [6.45, 7) is 1.92. The molecule has 3 nitrogen and oxygen atoms in total. The highest BCUT2D eigenvalue weighted by atomic mass is 79.9. The third-order valence-corrected chi connectivity index (χ3v) is 3.07.